The van der Waals surface area contributed by atoms with Gasteiger partial charge in [-0.15, -0.1) is 0 Å². The van der Waals surface area contributed by atoms with E-state index in [-0.39, 0.29) is 17.7 Å². The second kappa shape index (κ2) is 9.51. The molecule has 0 atom stereocenters. The largest absolute Gasteiger partial charge is 0.467 e. The van der Waals surface area contributed by atoms with Crippen molar-refractivity contribution < 1.29 is 27.9 Å². The zero-order valence-corrected chi connectivity index (χ0v) is 16.1. The van der Waals surface area contributed by atoms with Gasteiger partial charge in [-0.2, -0.15) is 0 Å². The molecule has 0 radical (unpaired) electrons. The van der Waals surface area contributed by atoms with Crippen molar-refractivity contribution in [3.05, 3.63) is 89.6 Å². The van der Waals surface area contributed by atoms with Gasteiger partial charge in [-0.25, -0.2) is 9.18 Å². The van der Waals surface area contributed by atoms with E-state index in [1.54, 1.807) is 36.4 Å². The van der Waals surface area contributed by atoms with E-state index >= 15 is 0 Å². The Morgan fingerprint density at radius 1 is 1.07 bits per heavy atom. The first-order valence-corrected chi connectivity index (χ1v) is 9.04. The monoisotopic (exact) mass is 410 g/mol. The Hall–Kier alpha value is -3.94. The maximum atomic E-state index is 13.2. The van der Waals surface area contributed by atoms with Crippen molar-refractivity contribution in [3.8, 4) is 0 Å². The van der Waals surface area contributed by atoms with Gasteiger partial charge in [0.05, 0.1) is 29.6 Å². The van der Waals surface area contributed by atoms with Gasteiger partial charge in [-0.3, -0.25) is 9.59 Å². The van der Waals surface area contributed by atoms with Crippen LogP contribution in [0.1, 0.15) is 26.5 Å². The van der Waals surface area contributed by atoms with Crippen molar-refractivity contribution in [2.45, 2.75) is 6.54 Å². The van der Waals surface area contributed by atoms with Gasteiger partial charge >= 0.3 is 5.97 Å². The van der Waals surface area contributed by atoms with Crippen LogP contribution in [0.4, 0.5) is 10.1 Å². The van der Waals surface area contributed by atoms with Crippen LogP contribution in [0.2, 0.25) is 0 Å². The summed E-state index contributed by atoms with van der Waals surface area (Å²) in [5.41, 5.74) is 0.626. The van der Waals surface area contributed by atoms with E-state index < -0.39 is 30.2 Å². The highest BCUT2D eigenvalue weighted by molar-refractivity contribution is 6.05. The molecule has 0 aliphatic rings. The Bertz CT molecular complexity index is 1050. The SMILES string of the molecule is CN(C(=O)COC(=O)c1cccc(F)c1)c1ccccc1C(=O)NCc1ccco1. The molecular weight excluding hydrogens is 391 g/mol. The predicted octanol–water partition coefficient (Wildman–Crippen LogP) is 3.17. The molecule has 8 heteroatoms. The van der Waals surface area contributed by atoms with E-state index in [1.165, 1.54) is 36.4 Å². The lowest BCUT2D eigenvalue weighted by molar-refractivity contribution is -0.121. The van der Waals surface area contributed by atoms with Crippen LogP contribution in [-0.2, 0) is 16.1 Å². The third-order valence-corrected chi connectivity index (χ3v) is 4.27. The molecular formula is C22H19FN2O5. The standard InChI is InChI=1S/C22H19FN2O5/c1-25(20(26)14-30-22(28)15-6-4-7-16(23)12-15)19-10-3-2-9-18(19)21(27)24-13-17-8-5-11-29-17/h2-12H,13-14H2,1H3,(H,24,27). The predicted molar refractivity (Wildman–Crippen MR) is 106 cm³/mol. The first kappa shape index (κ1) is 20.8. The summed E-state index contributed by atoms with van der Waals surface area (Å²) < 4.78 is 23.4. The number of amides is 2. The quantitative estimate of drug-likeness (QED) is 0.605. The van der Waals surface area contributed by atoms with Crippen LogP contribution in [0.15, 0.2) is 71.3 Å². The lowest BCUT2D eigenvalue weighted by Crippen LogP contribution is -2.33. The summed E-state index contributed by atoms with van der Waals surface area (Å²) in [7, 11) is 1.47. The maximum absolute atomic E-state index is 13.2. The van der Waals surface area contributed by atoms with Crippen molar-refractivity contribution in [2.24, 2.45) is 0 Å². The summed E-state index contributed by atoms with van der Waals surface area (Å²) in [6.45, 7) is -0.364. The highest BCUT2D eigenvalue weighted by atomic mass is 19.1. The van der Waals surface area contributed by atoms with E-state index in [9.17, 15) is 18.8 Å². The van der Waals surface area contributed by atoms with Gasteiger partial charge in [0.25, 0.3) is 11.8 Å². The van der Waals surface area contributed by atoms with Crippen molar-refractivity contribution in [1.82, 2.24) is 5.32 Å². The van der Waals surface area contributed by atoms with Crippen LogP contribution >= 0.6 is 0 Å². The van der Waals surface area contributed by atoms with Crippen LogP contribution in [-0.4, -0.2) is 31.4 Å². The van der Waals surface area contributed by atoms with E-state index in [1.807, 2.05) is 0 Å². The van der Waals surface area contributed by atoms with Gasteiger partial charge in [0, 0.05) is 7.05 Å². The zero-order valence-electron chi connectivity index (χ0n) is 16.1. The van der Waals surface area contributed by atoms with Gasteiger partial charge < -0.3 is 19.4 Å². The number of anilines is 1. The number of nitrogens with one attached hydrogen (secondary N) is 1. The molecule has 3 rings (SSSR count). The number of para-hydroxylation sites is 1. The molecule has 1 aromatic heterocycles. The molecule has 30 heavy (non-hydrogen) atoms. The Kier molecular flexibility index (Phi) is 6.59. The fraction of sp³-hybridized carbons (Fsp3) is 0.136. The number of nitrogens with zero attached hydrogens (tertiary/aromatic N) is 1. The van der Waals surface area contributed by atoms with Crippen molar-refractivity contribution in [3.63, 3.8) is 0 Å². The number of rotatable bonds is 7. The molecule has 1 N–H and O–H groups in total. The van der Waals surface area contributed by atoms with E-state index in [4.69, 9.17) is 9.15 Å². The van der Waals surface area contributed by atoms with E-state index in [0.717, 1.165) is 6.07 Å². The first-order chi connectivity index (χ1) is 14.5. The van der Waals surface area contributed by atoms with Crippen LogP contribution < -0.4 is 10.2 Å². The maximum Gasteiger partial charge on any atom is 0.338 e. The molecule has 7 nitrogen and oxygen atoms in total. The minimum absolute atomic E-state index is 0.00292. The second-order valence-corrected chi connectivity index (χ2v) is 6.32. The Labute approximate surface area is 172 Å². The number of benzene rings is 2. The number of esters is 1. The molecule has 0 fully saturated rings. The van der Waals surface area contributed by atoms with Gasteiger partial charge in [0.2, 0.25) is 0 Å². The van der Waals surface area contributed by atoms with E-state index in [0.29, 0.717) is 11.4 Å². The lowest BCUT2D eigenvalue weighted by Gasteiger charge is -2.20. The van der Waals surface area contributed by atoms with Gasteiger partial charge in [0.1, 0.15) is 11.6 Å². The third kappa shape index (κ3) is 5.11. The number of hydrogen-bond donors (Lipinski definition) is 1. The Morgan fingerprint density at radius 3 is 2.60 bits per heavy atom. The molecule has 0 spiro atoms. The second-order valence-electron chi connectivity index (χ2n) is 6.32. The molecule has 0 bridgehead atoms. The minimum atomic E-state index is -0.819. The molecule has 3 aromatic rings. The summed E-state index contributed by atoms with van der Waals surface area (Å²) in [4.78, 5) is 38.3. The molecule has 0 saturated carbocycles. The lowest BCUT2D eigenvalue weighted by atomic mass is 10.1. The van der Waals surface area contributed by atoms with Gasteiger partial charge in [-0.05, 0) is 42.5 Å². The molecule has 0 unspecified atom stereocenters. The first-order valence-electron chi connectivity index (χ1n) is 9.04. The van der Waals surface area contributed by atoms with Crippen LogP contribution in [0, 0.1) is 5.82 Å². The molecule has 0 aliphatic carbocycles. The minimum Gasteiger partial charge on any atom is -0.467 e. The molecule has 1 heterocycles. The molecule has 2 aromatic carbocycles. The van der Waals surface area contributed by atoms with Crippen molar-refractivity contribution in [2.75, 3.05) is 18.6 Å². The number of ether oxygens (including phenoxy) is 1. The van der Waals surface area contributed by atoms with Crippen LogP contribution in [0.25, 0.3) is 0 Å². The fourth-order valence-corrected chi connectivity index (χ4v) is 2.69. The summed E-state index contributed by atoms with van der Waals surface area (Å²) >= 11 is 0. The molecule has 0 saturated heterocycles. The number of carbonyl (C=O) groups is 3. The number of carbonyl (C=O) groups excluding carboxylic acids is 3. The summed E-state index contributed by atoms with van der Waals surface area (Å²) in [5.74, 6) is -1.75. The Balaban J connectivity index is 1.64. The number of furan rings is 1. The molecule has 154 valence electrons. The van der Waals surface area contributed by atoms with Gasteiger partial charge in [0.15, 0.2) is 6.61 Å². The smallest absolute Gasteiger partial charge is 0.338 e. The summed E-state index contributed by atoms with van der Waals surface area (Å²) in [6.07, 6.45) is 1.51. The normalized spacial score (nSPS) is 10.3. The Morgan fingerprint density at radius 2 is 1.87 bits per heavy atom. The molecule has 0 aliphatic heterocycles. The number of likely N-dealkylation sites (N-methyl/N-ethyl adjacent to an activating group) is 1. The van der Waals surface area contributed by atoms with Crippen LogP contribution in [0.3, 0.4) is 0 Å². The van der Waals surface area contributed by atoms with Crippen molar-refractivity contribution in [1.29, 1.82) is 0 Å². The summed E-state index contributed by atoms with van der Waals surface area (Å²) in [6, 6.07) is 15.0. The fourth-order valence-electron chi connectivity index (χ4n) is 2.69. The number of hydrogen-bond acceptors (Lipinski definition) is 5. The van der Waals surface area contributed by atoms with Crippen molar-refractivity contribution >= 4 is 23.5 Å². The average Bonchev–Trinajstić information content (AvgIpc) is 3.28. The zero-order chi connectivity index (χ0) is 21.5. The third-order valence-electron chi connectivity index (χ3n) is 4.27. The number of halogens is 1. The summed E-state index contributed by atoms with van der Waals surface area (Å²) in [5, 5.41) is 2.72. The highest BCUT2D eigenvalue weighted by Gasteiger charge is 2.20. The topological polar surface area (TPSA) is 88.8 Å². The van der Waals surface area contributed by atoms with Crippen LogP contribution in [0.5, 0.6) is 0 Å². The van der Waals surface area contributed by atoms with E-state index in [2.05, 4.69) is 5.32 Å². The average molecular weight is 410 g/mol. The molecule has 2 amide bonds. The van der Waals surface area contributed by atoms with Gasteiger partial charge in [-0.1, -0.05) is 18.2 Å². The highest BCUT2D eigenvalue weighted by Crippen LogP contribution is 2.20.